The van der Waals surface area contributed by atoms with E-state index in [2.05, 4.69) is 21.7 Å². The number of pyridine rings is 1. The number of carbonyl (C=O) groups excluding carboxylic acids is 2. The molecule has 3 heterocycles. The highest BCUT2D eigenvalue weighted by molar-refractivity contribution is 5.90. The van der Waals surface area contributed by atoms with Crippen LogP contribution >= 0.6 is 0 Å². The van der Waals surface area contributed by atoms with Crippen molar-refractivity contribution in [1.29, 1.82) is 0 Å². The summed E-state index contributed by atoms with van der Waals surface area (Å²) in [5.74, 6) is 0.247. The fourth-order valence-electron chi connectivity index (χ4n) is 3.74. The average molecular weight is 376 g/mol. The van der Waals surface area contributed by atoms with Gasteiger partial charge in [-0.1, -0.05) is 25.1 Å². The van der Waals surface area contributed by atoms with Gasteiger partial charge in [0.2, 0.25) is 0 Å². The van der Waals surface area contributed by atoms with Gasteiger partial charge in [0.05, 0.1) is 6.04 Å². The van der Waals surface area contributed by atoms with Crippen molar-refractivity contribution in [2.45, 2.75) is 38.9 Å². The van der Waals surface area contributed by atoms with Crippen molar-refractivity contribution in [1.82, 2.24) is 15.2 Å². The van der Waals surface area contributed by atoms with E-state index in [9.17, 15) is 9.59 Å². The minimum Gasteiger partial charge on any atom is -0.316 e. The van der Waals surface area contributed by atoms with E-state index in [4.69, 9.17) is 0 Å². The van der Waals surface area contributed by atoms with Crippen LogP contribution in [0.2, 0.25) is 0 Å². The summed E-state index contributed by atoms with van der Waals surface area (Å²) < 4.78 is 0. The van der Waals surface area contributed by atoms with Crippen LogP contribution in [0.15, 0.2) is 48.8 Å². The van der Waals surface area contributed by atoms with Crippen LogP contribution in [0.4, 0.5) is 10.5 Å². The second kappa shape index (κ2) is 7.94. The molecule has 0 saturated heterocycles. The van der Waals surface area contributed by atoms with Crippen molar-refractivity contribution in [3.63, 3.8) is 0 Å². The van der Waals surface area contributed by atoms with E-state index in [1.807, 2.05) is 43.5 Å². The molecular weight excluding hydrogens is 352 g/mol. The fourth-order valence-corrected chi connectivity index (χ4v) is 3.74. The first-order valence-electron chi connectivity index (χ1n) is 9.67. The topological polar surface area (TPSA) is 74.3 Å². The van der Waals surface area contributed by atoms with Crippen LogP contribution in [0.3, 0.4) is 0 Å². The highest BCUT2D eigenvalue weighted by Gasteiger charge is 2.24. The van der Waals surface area contributed by atoms with Gasteiger partial charge in [-0.3, -0.25) is 9.78 Å². The number of benzene rings is 1. The van der Waals surface area contributed by atoms with Crippen LogP contribution in [-0.2, 0) is 17.9 Å². The minimum absolute atomic E-state index is 0.101. The third-order valence-electron chi connectivity index (χ3n) is 5.40. The van der Waals surface area contributed by atoms with Gasteiger partial charge in [-0.25, -0.2) is 4.79 Å². The third-order valence-corrected chi connectivity index (χ3v) is 5.40. The third kappa shape index (κ3) is 3.82. The van der Waals surface area contributed by atoms with E-state index in [1.54, 1.807) is 11.1 Å². The molecule has 28 heavy (non-hydrogen) atoms. The molecule has 2 N–H and O–H groups in total. The van der Waals surface area contributed by atoms with Crippen molar-refractivity contribution >= 4 is 23.1 Å². The molecule has 0 spiro atoms. The quantitative estimate of drug-likeness (QED) is 0.858. The standard InChI is InChI=1S/C22H24N4O2/c1-2-21(27)20-11-16(8-10-24-20)15-3-5-19(6-4-15)25-22(28)26-13-17-7-9-23-12-18(17)14-26/h3-9,12,20,24H,2,10-11,13-14H2,1H3,(H,25,28). The lowest BCUT2D eigenvalue weighted by Gasteiger charge is -2.23. The van der Waals surface area contributed by atoms with Crippen LogP contribution in [0.5, 0.6) is 0 Å². The van der Waals surface area contributed by atoms with Crippen molar-refractivity contribution in [2.75, 3.05) is 11.9 Å². The van der Waals surface area contributed by atoms with E-state index in [1.165, 1.54) is 5.57 Å². The minimum atomic E-state index is -0.112. The maximum atomic E-state index is 12.6. The Labute approximate surface area is 164 Å². The highest BCUT2D eigenvalue weighted by Crippen LogP contribution is 2.26. The molecule has 0 radical (unpaired) electrons. The number of carbonyl (C=O) groups is 2. The van der Waals surface area contributed by atoms with Crippen molar-refractivity contribution < 1.29 is 9.59 Å². The van der Waals surface area contributed by atoms with Crippen LogP contribution in [-0.4, -0.2) is 34.3 Å². The predicted molar refractivity (Wildman–Crippen MR) is 109 cm³/mol. The Bertz CT molecular complexity index is 895. The summed E-state index contributed by atoms with van der Waals surface area (Å²) in [6.45, 7) is 3.79. The van der Waals surface area contributed by atoms with E-state index in [-0.39, 0.29) is 17.9 Å². The second-order valence-electron chi connectivity index (χ2n) is 7.22. The number of nitrogens with one attached hydrogen (secondary N) is 2. The molecule has 1 aromatic carbocycles. The van der Waals surface area contributed by atoms with Crippen molar-refractivity contribution in [3.05, 3.63) is 65.5 Å². The molecular formula is C22H24N4O2. The largest absolute Gasteiger partial charge is 0.322 e. The smallest absolute Gasteiger partial charge is 0.316 e. The summed E-state index contributed by atoms with van der Waals surface area (Å²) in [5.41, 5.74) is 5.27. The SMILES string of the molecule is CCC(=O)C1CC(c2ccc(NC(=O)N3Cc4ccncc4C3)cc2)=CCN1. The molecule has 4 rings (SSSR count). The zero-order chi connectivity index (χ0) is 19.5. The first-order chi connectivity index (χ1) is 13.6. The van der Waals surface area contributed by atoms with E-state index < -0.39 is 0 Å². The Hall–Kier alpha value is -2.99. The van der Waals surface area contributed by atoms with Crippen LogP contribution in [0.25, 0.3) is 5.57 Å². The molecule has 6 heteroatoms. The molecule has 2 aliphatic heterocycles. The number of amides is 2. The number of nitrogens with zero attached hydrogens (tertiary/aromatic N) is 2. The average Bonchev–Trinajstić information content (AvgIpc) is 3.18. The number of aromatic nitrogens is 1. The number of rotatable bonds is 4. The predicted octanol–water partition coefficient (Wildman–Crippen LogP) is 3.35. The van der Waals surface area contributed by atoms with Crippen LogP contribution < -0.4 is 10.6 Å². The Morgan fingerprint density at radius 2 is 1.96 bits per heavy atom. The fraction of sp³-hybridized carbons (Fsp3) is 0.318. The molecule has 144 valence electrons. The zero-order valence-corrected chi connectivity index (χ0v) is 15.9. The molecule has 6 nitrogen and oxygen atoms in total. The lowest BCUT2D eigenvalue weighted by molar-refractivity contribution is -0.120. The Morgan fingerprint density at radius 1 is 1.18 bits per heavy atom. The second-order valence-corrected chi connectivity index (χ2v) is 7.22. The summed E-state index contributed by atoms with van der Waals surface area (Å²) in [5, 5.41) is 6.22. The number of ketones is 1. The van der Waals surface area contributed by atoms with Crippen LogP contribution in [0.1, 0.15) is 36.5 Å². The summed E-state index contributed by atoms with van der Waals surface area (Å²) >= 11 is 0. The molecule has 0 aliphatic carbocycles. The molecule has 2 amide bonds. The van der Waals surface area contributed by atoms with Gasteiger partial charge in [-0.05, 0) is 46.9 Å². The first-order valence-corrected chi connectivity index (χ1v) is 9.67. The maximum Gasteiger partial charge on any atom is 0.322 e. The van der Waals surface area contributed by atoms with Gasteiger partial charge in [-0.15, -0.1) is 0 Å². The number of urea groups is 1. The molecule has 0 saturated carbocycles. The highest BCUT2D eigenvalue weighted by atomic mass is 16.2. The number of Topliss-reactive ketones (excluding diaryl/α,β-unsaturated/α-hetero) is 1. The maximum absolute atomic E-state index is 12.6. The van der Waals surface area contributed by atoms with Gasteiger partial charge < -0.3 is 15.5 Å². The van der Waals surface area contributed by atoms with Gasteiger partial charge in [0.15, 0.2) is 0 Å². The summed E-state index contributed by atoms with van der Waals surface area (Å²) in [6.07, 6.45) is 6.96. The molecule has 1 unspecified atom stereocenters. The Balaban J connectivity index is 1.38. The molecule has 0 fully saturated rings. The molecule has 1 atom stereocenters. The molecule has 2 aliphatic rings. The van der Waals surface area contributed by atoms with Gasteiger partial charge in [-0.2, -0.15) is 0 Å². The van der Waals surface area contributed by atoms with E-state index in [0.29, 0.717) is 32.5 Å². The van der Waals surface area contributed by atoms with Gasteiger partial charge in [0, 0.05) is 44.1 Å². The lowest BCUT2D eigenvalue weighted by Crippen LogP contribution is -2.39. The normalized spacial score (nSPS) is 18.4. The summed E-state index contributed by atoms with van der Waals surface area (Å²) in [6, 6.07) is 9.58. The lowest BCUT2D eigenvalue weighted by atomic mass is 9.92. The van der Waals surface area contributed by atoms with E-state index in [0.717, 1.165) is 22.4 Å². The van der Waals surface area contributed by atoms with Crippen molar-refractivity contribution in [3.8, 4) is 0 Å². The van der Waals surface area contributed by atoms with Gasteiger partial charge in [0.25, 0.3) is 0 Å². The molecule has 2 aromatic rings. The first kappa shape index (κ1) is 18.4. The number of fused-ring (bicyclic) bond motifs is 1. The van der Waals surface area contributed by atoms with Crippen LogP contribution in [0, 0.1) is 0 Å². The summed E-state index contributed by atoms with van der Waals surface area (Å²) in [7, 11) is 0. The van der Waals surface area contributed by atoms with Crippen molar-refractivity contribution in [2.24, 2.45) is 0 Å². The Kier molecular flexibility index (Phi) is 5.21. The number of anilines is 1. The number of hydrogen-bond acceptors (Lipinski definition) is 4. The molecule has 1 aromatic heterocycles. The van der Waals surface area contributed by atoms with Gasteiger partial charge in [0.1, 0.15) is 5.78 Å². The summed E-state index contributed by atoms with van der Waals surface area (Å²) in [4.78, 5) is 30.4. The number of hydrogen-bond donors (Lipinski definition) is 2. The van der Waals surface area contributed by atoms with Gasteiger partial charge >= 0.3 is 6.03 Å². The van der Waals surface area contributed by atoms with E-state index >= 15 is 0 Å². The monoisotopic (exact) mass is 376 g/mol. The Morgan fingerprint density at radius 3 is 2.71 bits per heavy atom. The zero-order valence-electron chi connectivity index (χ0n) is 15.9. The molecule has 0 bridgehead atoms.